The van der Waals surface area contributed by atoms with Gasteiger partial charge in [0.15, 0.2) is 14.1 Å². The van der Waals surface area contributed by atoms with Crippen LogP contribution < -0.4 is 33.7 Å². The van der Waals surface area contributed by atoms with Gasteiger partial charge in [-0.15, -0.1) is 10.2 Å². The molecule has 4 aromatic heterocycles. The number of nitrogens with one attached hydrogen (secondary N) is 1. The largest absolute Gasteiger partial charge is 0.494 e. The van der Waals surface area contributed by atoms with Crippen molar-refractivity contribution in [2.45, 2.75) is 129 Å². The molecule has 0 spiro atoms. The summed E-state index contributed by atoms with van der Waals surface area (Å²) in [5, 5.41) is 21.7. The summed E-state index contributed by atoms with van der Waals surface area (Å²) in [6.45, 7) is 17.2. The highest BCUT2D eigenvalue weighted by Crippen LogP contribution is 2.38. The second-order valence-electron chi connectivity index (χ2n) is 25.4. The standard InChI is InChI=1S/C47H54N6O5Si.C31H33N3O2/c1-47(2,3)59(4,5)58-35-37-27-42-32-43(28-37)57-26-14-8-12-24-55-41-22-16-20-39(31-41)53-34-46(49-51-53)44(29-36-17-9-6-10-18-36)45-33-52(50-48-45)38-19-15-21-40(30-38)54-23-11-7-13-25-56-42;1-2-4-20-35-27-16-12-24(13-17-27)22-32-23-26-8-6-10-30(33-26)31-11-7-9-29(34-31)25-14-18-28(19-15-25)36-21-5-3-1/h6,9-10,15,17-21,27-34H,7-8,11-14,23-26,35H2,1-5H3;6-19,32H,1-5,20-23H2/b44-29+;. The summed E-state index contributed by atoms with van der Waals surface area (Å²) >= 11 is 0. The third-order valence-electron chi connectivity index (χ3n) is 17.0. The lowest BCUT2D eigenvalue weighted by Gasteiger charge is -2.36. The highest BCUT2D eigenvalue weighted by molar-refractivity contribution is 6.74. The Morgan fingerprint density at radius 2 is 1.04 bits per heavy atom. The number of ether oxygens (including phenoxy) is 6. The average molecular weight is 1290 g/mol. The van der Waals surface area contributed by atoms with Gasteiger partial charge < -0.3 is 38.2 Å². The van der Waals surface area contributed by atoms with Gasteiger partial charge >= 0.3 is 0 Å². The zero-order valence-electron chi connectivity index (χ0n) is 55.5. The Bertz CT molecular complexity index is 3920. The van der Waals surface area contributed by atoms with E-state index < -0.39 is 8.32 Å². The highest BCUT2D eigenvalue weighted by Gasteiger charge is 2.37. The Labute approximate surface area is 560 Å². The summed E-state index contributed by atoms with van der Waals surface area (Å²) < 4.78 is 46.7. The van der Waals surface area contributed by atoms with Crippen LogP contribution in [0.4, 0.5) is 0 Å². The van der Waals surface area contributed by atoms with Gasteiger partial charge in [0, 0.05) is 48.5 Å². The van der Waals surface area contributed by atoms with Gasteiger partial charge in [-0.1, -0.05) is 117 Å². The molecule has 0 fully saturated rings. The number of aromatic nitrogens is 8. The topological polar surface area (TPSA) is 164 Å². The fourth-order valence-electron chi connectivity index (χ4n) is 10.5. The number of benzene rings is 5. The quantitative estimate of drug-likeness (QED) is 0.166. The first-order valence-corrected chi connectivity index (χ1v) is 36.4. The first-order valence-electron chi connectivity index (χ1n) is 33.5. The van der Waals surface area contributed by atoms with Crippen molar-refractivity contribution in [3.05, 3.63) is 228 Å². The molecule has 16 nitrogen and oxygen atoms in total. The van der Waals surface area contributed by atoms with Crippen LogP contribution in [0.1, 0.15) is 125 Å². The number of nitrogens with zero attached hydrogens (tertiary/aromatic N) is 8. The molecule has 5 aliphatic rings. The van der Waals surface area contributed by atoms with Crippen LogP contribution in [-0.2, 0) is 24.1 Å². The molecule has 6 aromatic carbocycles. The molecule has 0 radical (unpaired) electrons. The van der Waals surface area contributed by atoms with Crippen LogP contribution >= 0.6 is 0 Å². The van der Waals surface area contributed by atoms with E-state index in [-0.39, 0.29) is 5.04 Å². The lowest BCUT2D eigenvalue weighted by atomic mass is 10.1. The average Bonchev–Trinajstić information content (AvgIpc) is 1.71. The minimum Gasteiger partial charge on any atom is -0.494 e. The van der Waals surface area contributed by atoms with E-state index in [2.05, 4.69) is 120 Å². The molecular formula is C78H87N9O7Si. The van der Waals surface area contributed by atoms with Gasteiger partial charge in [0.1, 0.15) is 40.1 Å². The molecule has 5 aliphatic heterocycles. The minimum atomic E-state index is -1.94. The molecule has 0 saturated heterocycles. The van der Waals surface area contributed by atoms with E-state index in [9.17, 15) is 0 Å². The van der Waals surface area contributed by atoms with Gasteiger partial charge in [-0.05, 0) is 183 Å². The van der Waals surface area contributed by atoms with E-state index in [1.807, 2.05) is 140 Å². The van der Waals surface area contributed by atoms with Gasteiger partial charge in [0.25, 0.3) is 0 Å². The lowest BCUT2D eigenvalue weighted by Crippen LogP contribution is -2.40. The van der Waals surface area contributed by atoms with E-state index in [0.717, 1.165) is 156 Å². The summed E-state index contributed by atoms with van der Waals surface area (Å²) in [5.74, 6) is 4.79. The summed E-state index contributed by atoms with van der Waals surface area (Å²) in [6, 6.07) is 62.7. The van der Waals surface area contributed by atoms with Gasteiger partial charge in [0.2, 0.25) is 0 Å². The predicted octanol–water partition coefficient (Wildman–Crippen LogP) is 17.0. The van der Waals surface area contributed by atoms with Crippen molar-refractivity contribution >= 4 is 20.0 Å². The molecule has 0 saturated carbocycles. The third-order valence-corrected chi connectivity index (χ3v) is 21.5. The minimum absolute atomic E-state index is 0.122. The molecule has 15 rings (SSSR count). The number of hydrogen-bond donors (Lipinski definition) is 1. The molecule has 490 valence electrons. The number of fused-ring (bicyclic) bond motifs is 12. The molecule has 10 aromatic rings. The third kappa shape index (κ3) is 20.0. The molecule has 0 atom stereocenters. The van der Waals surface area contributed by atoms with Crippen molar-refractivity contribution in [2.24, 2.45) is 0 Å². The molecule has 0 unspecified atom stereocenters. The van der Waals surface area contributed by atoms with Crippen LogP contribution in [0.15, 0.2) is 182 Å². The van der Waals surface area contributed by atoms with Crippen molar-refractivity contribution in [2.75, 3.05) is 39.6 Å². The van der Waals surface area contributed by atoms with Crippen molar-refractivity contribution in [3.8, 4) is 68.5 Å². The SMILES string of the molecule is CC(C)(C)[Si](C)(C)OCc1cc2cc(c1)OCCCCCOc1cccc(c1)-n1cc(nn1)/C(=C\c1ccccc1)c1cn(nn1)-c1cc#cc(c1)OCCCCCO2.c1cc2nc(c1)-c1cccc(n1)-c1ccc(cc1)OCCCCCCCOc1ccc(cc1)CNC2. The van der Waals surface area contributed by atoms with E-state index in [1.54, 1.807) is 9.36 Å². The van der Waals surface area contributed by atoms with Gasteiger partial charge in [0.05, 0.1) is 92.8 Å². The van der Waals surface area contributed by atoms with Crippen LogP contribution in [0.5, 0.6) is 34.5 Å². The first kappa shape index (κ1) is 66.8. The summed E-state index contributed by atoms with van der Waals surface area (Å²) in [4.78, 5) is 9.75. The first-order chi connectivity index (χ1) is 46.4. The molecule has 0 aliphatic carbocycles. The molecule has 95 heavy (non-hydrogen) atoms. The summed E-state index contributed by atoms with van der Waals surface area (Å²) in [7, 11) is -1.94. The summed E-state index contributed by atoms with van der Waals surface area (Å²) in [6.07, 6.45) is 17.0. The summed E-state index contributed by atoms with van der Waals surface area (Å²) in [5.41, 5.74) is 11.7. The van der Waals surface area contributed by atoms with Gasteiger partial charge in [-0.3, -0.25) is 0 Å². The molecule has 17 heteroatoms. The normalized spacial score (nSPS) is 15.3. The lowest BCUT2D eigenvalue weighted by molar-refractivity contribution is 0.263. The smallest absolute Gasteiger partial charge is 0.192 e. The van der Waals surface area contributed by atoms with Crippen LogP contribution in [0.2, 0.25) is 18.1 Å². The molecular weight excluding hydrogens is 1200 g/mol. The van der Waals surface area contributed by atoms with E-state index in [1.165, 1.54) is 24.8 Å². The highest BCUT2D eigenvalue weighted by atomic mass is 28.4. The Morgan fingerprint density at radius 3 is 1.69 bits per heavy atom. The zero-order chi connectivity index (χ0) is 65.5. The maximum atomic E-state index is 6.57. The predicted molar refractivity (Wildman–Crippen MR) is 376 cm³/mol. The van der Waals surface area contributed by atoms with Gasteiger partial charge in [-0.25, -0.2) is 19.3 Å². The van der Waals surface area contributed by atoms with E-state index in [0.29, 0.717) is 56.7 Å². The second kappa shape index (κ2) is 33.5. The van der Waals surface area contributed by atoms with Crippen molar-refractivity contribution in [3.63, 3.8) is 0 Å². The molecule has 1 N–H and O–H groups in total. The molecule has 18 bridgehead atoms. The Kier molecular flexibility index (Phi) is 23.6. The fraction of sp³-hybridized carbons (Fsp3) is 0.333. The van der Waals surface area contributed by atoms with E-state index >= 15 is 0 Å². The van der Waals surface area contributed by atoms with Gasteiger partial charge in [-0.2, -0.15) is 0 Å². The number of rotatable bonds is 4. The van der Waals surface area contributed by atoms with Crippen LogP contribution in [0.25, 0.3) is 45.7 Å². The van der Waals surface area contributed by atoms with Crippen molar-refractivity contribution in [1.82, 2.24) is 45.3 Å². The van der Waals surface area contributed by atoms with Crippen LogP contribution in [0.3, 0.4) is 0 Å². The van der Waals surface area contributed by atoms with E-state index in [4.69, 9.17) is 42.8 Å². The second-order valence-corrected chi connectivity index (χ2v) is 30.3. The van der Waals surface area contributed by atoms with Crippen molar-refractivity contribution < 1.29 is 32.8 Å². The Morgan fingerprint density at radius 1 is 0.495 bits per heavy atom. The monoisotopic (exact) mass is 1290 g/mol. The Hall–Kier alpha value is -9.60. The maximum absolute atomic E-state index is 6.57. The van der Waals surface area contributed by atoms with Crippen molar-refractivity contribution in [1.29, 1.82) is 0 Å². The maximum Gasteiger partial charge on any atom is 0.192 e. The zero-order valence-corrected chi connectivity index (χ0v) is 56.5. The van der Waals surface area contributed by atoms with Crippen LogP contribution in [0, 0.1) is 12.1 Å². The fourth-order valence-corrected chi connectivity index (χ4v) is 11.5. The Balaban J connectivity index is 0.000000217. The number of pyridine rings is 2. The molecule has 0 amide bonds. The number of hydrogen-bond acceptors (Lipinski definition) is 14. The molecule has 9 heterocycles. The van der Waals surface area contributed by atoms with Crippen LogP contribution in [-0.4, -0.2) is 87.9 Å².